The number of pyridine rings is 1. The predicted octanol–water partition coefficient (Wildman–Crippen LogP) is 3.26. The van der Waals surface area contributed by atoms with Gasteiger partial charge < -0.3 is 14.4 Å². The number of fused-ring (bicyclic) bond motifs is 1. The molecule has 1 aromatic carbocycles. The smallest absolute Gasteiger partial charge is 0.505 e. The lowest BCUT2D eigenvalue weighted by molar-refractivity contribution is 0.0537. The Balaban J connectivity index is 2.20. The topological polar surface area (TPSA) is 73.6 Å². The molecule has 26 heavy (non-hydrogen) atoms. The molecule has 8 heteroatoms. The summed E-state index contributed by atoms with van der Waals surface area (Å²) in [5, 5.41) is 9.78. The molecule has 0 aliphatic carbocycles. The Labute approximate surface area is 150 Å². The minimum absolute atomic E-state index is 0.113. The minimum atomic E-state index is -0.711. The van der Waals surface area contributed by atoms with Crippen molar-refractivity contribution >= 4 is 24.7 Å². The average Bonchev–Trinajstić information content (AvgIpc) is 2.91. The van der Waals surface area contributed by atoms with Crippen molar-refractivity contribution in [3.63, 3.8) is 0 Å². The summed E-state index contributed by atoms with van der Waals surface area (Å²) < 4.78 is 25.4. The summed E-state index contributed by atoms with van der Waals surface area (Å²) in [7, 11) is -0.609. The summed E-state index contributed by atoms with van der Waals surface area (Å²) in [5.74, 6) is -0.264. The highest BCUT2D eigenvalue weighted by Gasteiger charge is 2.24. The number of carbonyl (C=O) groups excluding carboxylic acids is 1. The van der Waals surface area contributed by atoms with E-state index in [0.29, 0.717) is 22.0 Å². The summed E-state index contributed by atoms with van der Waals surface area (Å²) in [6.45, 7) is 5.25. The van der Waals surface area contributed by atoms with E-state index in [1.54, 1.807) is 45.2 Å². The number of rotatable bonds is 3. The molecule has 0 aliphatic heterocycles. The van der Waals surface area contributed by atoms with Gasteiger partial charge in [0.15, 0.2) is 5.88 Å². The number of halogens is 1. The summed E-state index contributed by atoms with van der Waals surface area (Å²) in [6, 6.07) is 7.67. The number of carbonyl (C=O) groups is 1. The first-order valence-electron chi connectivity index (χ1n) is 8.02. The fourth-order valence-electron chi connectivity index (χ4n) is 2.65. The van der Waals surface area contributed by atoms with Crippen molar-refractivity contribution in [1.29, 1.82) is 0 Å². The number of ether oxygens (including phenoxy) is 1. The molecule has 0 amide bonds. The van der Waals surface area contributed by atoms with E-state index >= 15 is 0 Å². The maximum Gasteiger partial charge on any atom is 0.505 e. The Hall–Kier alpha value is -2.87. The average molecular weight is 356 g/mol. The van der Waals surface area contributed by atoms with Crippen molar-refractivity contribution in [2.24, 2.45) is 0 Å². The molecule has 0 unspecified atom stereocenters. The van der Waals surface area contributed by atoms with E-state index in [1.807, 2.05) is 0 Å². The van der Waals surface area contributed by atoms with E-state index < -0.39 is 19.4 Å². The van der Waals surface area contributed by atoms with Gasteiger partial charge in [-0.2, -0.15) is 0 Å². The molecule has 0 spiro atoms. The summed E-state index contributed by atoms with van der Waals surface area (Å²) in [6.07, 6.45) is 2.42. The Kier molecular flexibility index (Phi) is 4.69. The molecule has 6 nitrogen and oxygen atoms in total. The van der Waals surface area contributed by atoms with Crippen molar-refractivity contribution in [3.05, 3.63) is 48.5 Å². The Bertz CT molecular complexity index is 965. The third-order valence-corrected chi connectivity index (χ3v) is 3.62. The second-order valence-electron chi connectivity index (χ2n) is 6.70. The fraction of sp³-hybridized carbons (Fsp3) is 0.222. The standard InChI is InChI=1S/C18H18BFN2O4/c1-18(2,3)25-17(23)22-15-10-21-9-14(11-5-4-6-12(20)7-11)13(15)8-16(22)26-19-24/h4-10,19,24H,1-3H3. The van der Waals surface area contributed by atoms with Crippen LogP contribution in [0.25, 0.3) is 22.0 Å². The van der Waals surface area contributed by atoms with Crippen LogP contribution in [0.2, 0.25) is 0 Å². The molecule has 2 heterocycles. The van der Waals surface area contributed by atoms with Crippen LogP contribution in [0.1, 0.15) is 20.8 Å². The van der Waals surface area contributed by atoms with Crippen LogP contribution in [-0.4, -0.2) is 34.0 Å². The monoisotopic (exact) mass is 356 g/mol. The van der Waals surface area contributed by atoms with E-state index in [-0.39, 0.29) is 11.7 Å². The van der Waals surface area contributed by atoms with Gasteiger partial charge in [-0.3, -0.25) is 4.98 Å². The van der Waals surface area contributed by atoms with E-state index in [2.05, 4.69) is 4.98 Å². The van der Waals surface area contributed by atoms with E-state index in [9.17, 15) is 9.18 Å². The number of nitrogens with zero attached hydrogens (tertiary/aromatic N) is 2. The molecule has 0 bridgehead atoms. The molecule has 0 atom stereocenters. The van der Waals surface area contributed by atoms with Crippen molar-refractivity contribution < 1.29 is 23.6 Å². The summed E-state index contributed by atoms with van der Waals surface area (Å²) >= 11 is 0. The van der Waals surface area contributed by atoms with Gasteiger partial charge in [0.2, 0.25) is 0 Å². The molecule has 134 valence electrons. The van der Waals surface area contributed by atoms with Gasteiger partial charge in [0.05, 0.1) is 11.7 Å². The van der Waals surface area contributed by atoms with Gasteiger partial charge in [-0.1, -0.05) is 12.1 Å². The van der Waals surface area contributed by atoms with Crippen LogP contribution >= 0.6 is 0 Å². The highest BCUT2D eigenvalue weighted by molar-refractivity contribution is 6.17. The molecule has 0 fully saturated rings. The second kappa shape index (κ2) is 6.80. The lowest BCUT2D eigenvalue weighted by Crippen LogP contribution is -2.27. The second-order valence-corrected chi connectivity index (χ2v) is 6.70. The molecule has 0 saturated carbocycles. The normalized spacial score (nSPS) is 11.4. The van der Waals surface area contributed by atoms with Crippen LogP contribution in [0.15, 0.2) is 42.7 Å². The molecule has 0 radical (unpaired) electrons. The van der Waals surface area contributed by atoms with Gasteiger partial charge in [0.25, 0.3) is 0 Å². The zero-order chi connectivity index (χ0) is 18.9. The highest BCUT2D eigenvalue weighted by atomic mass is 19.1. The third-order valence-electron chi connectivity index (χ3n) is 3.62. The van der Waals surface area contributed by atoms with Crippen LogP contribution in [-0.2, 0) is 4.74 Å². The molecular formula is C18H18BFN2O4. The minimum Gasteiger partial charge on any atom is -0.526 e. The van der Waals surface area contributed by atoms with E-state index in [0.717, 1.165) is 0 Å². The van der Waals surface area contributed by atoms with Crippen LogP contribution in [0.5, 0.6) is 5.88 Å². The number of hydrogen-bond donors (Lipinski definition) is 1. The predicted molar refractivity (Wildman–Crippen MR) is 96.8 cm³/mol. The van der Waals surface area contributed by atoms with Gasteiger partial charge in [-0.05, 0) is 38.5 Å². The first kappa shape index (κ1) is 17.9. The molecule has 0 saturated heterocycles. The highest BCUT2D eigenvalue weighted by Crippen LogP contribution is 2.34. The third kappa shape index (κ3) is 3.55. The molecule has 1 N–H and O–H groups in total. The molecule has 0 aliphatic rings. The first-order chi connectivity index (χ1) is 12.3. The molecular weight excluding hydrogens is 338 g/mol. The summed E-state index contributed by atoms with van der Waals surface area (Å²) in [4.78, 5) is 16.8. The Morgan fingerprint density at radius 2 is 2.04 bits per heavy atom. The van der Waals surface area contributed by atoms with Gasteiger partial charge in [-0.15, -0.1) is 0 Å². The van der Waals surface area contributed by atoms with E-state index in [4.69, 9.17) is 14.4 Å². The zero-order valence-corrected chi connectivity index (χ0v) is 14.7. The zero-order valence-electron chi connectivity index (χ0n) is 14.7. The van der Waals surface area contributed by atoms with Gasteiger partial charge in [-0.25, -0.2) is 13.8 Å². The Morgan fingerprint density at radius 3 is 2.69 bits per heavy atom. The number of hydrogen-bond acceptors (Lipinski definition) is 5. The summed E-state index contributed by atoms with van der Waals surface area (Å²) in [5.41, 5.74) is 0.967. The van der Waals surface area contributed by atoms with Gasteiger partial charge in [0.1, 0.15) is 11.4 Å². The first-order valence-corrected chi connectivity index (χ1v) is 8.02. The van der Waals surface area contributed by atoms with Crippen LogP contribution in [0, 0.1) is 5.82 Å². The maximum absolute atomic E-state index is 13.6. The Morgan fingerprint density at radius 1 is 1.27 bits per heavy atom. The van der Waals surface area contributed by atoms with Crippen LogP contribution < -0.4 is 4.65 Å². The SMILES string of the molecule is CC(C)(C)OC(=O)n1c(OBO)cc2c(-c3cccc(F)c3)cncc21. The van der Waals surface area contributed by atoms with Crippen molar-refractivity contribution in [1.82, 2.24) is 9.55 Å². The molecule has 2 aromatic heterocycles. The van der Waals surface area contributed by atoms with E-state index in [1.165, 1.54) is 22.9 Å². The van der Waals surface area contributed by atoms with Crippen molar-refractivity contribution in [2.75, 3.05) is 0 Å². The maximum atomic E-state index is 13.6. The lowest BCUT2D eigenvalue weighted by Gasteiger charge is -2.20. The van der Waals surface area contributed by atoms with Crippen LogP contribution in [0.4, 0.5) is 9.18 Å². The lowest BCUT2D eigenvalue weighted by atomic mass is 10.0. The number of benzene rings is 1. The van der Waals surface area contributed by atoms with Gasteiger partial charge in [0, 0.05) is 23.2 Å². The van der Waals surface area contributed by atoms with Crippen LogP contribution in [0.3, 0.4) is 0 Å². The molecule has 3 rings (SSSR count). The van der Waals surface area contributed by atoms with Crippen molar-refractivity contribution in [3.8, 4) is 17.0 Å². The fourth-order valence-corrected chi connectivity index (χ4v) is 2.65. The van der Waals surface area contributed by atoms with Crippen molar-refractivity contribution in [2.45, 2.75) is 26.4 Å². The number of aromatic nitrogens is 2. The largest absolute Gasteiger partial charge is 0.526 e. The van der Waals surface area contributed by atoms with Gasteiger partial charge >= 0.3 is 13.8 Å². The molecule has 3 aromatic rings. The quantitative estimate of drug-likeness (QED) is 0.730.